The number of hydrogen-bond acceptors (Lipinski definition) is 6. The first-order valence-electron chi connectivity index (χ1n) is 6.64. The second-order valence-corrected chi connectivity index (χ2v) is 6.41. The van der Waals surface area contributed by atoms with Gasteiger partial charge in [0.2, 0.25) is 5.82 Å². The van der Waals surface area contributed by atoms with E-state index >= 15 is 0 Å². The Bertz CT molecular complexity index is 629. The Morgan fingerprint density at radius 2 is 2.55 bits per heavy atom. The molecule has 2 aromatic heterocycles. The molecule has 2 aromatic rings. The number of nitrogens with zero attached hydrogens (tertiary/aromatic N) is 3. The average Bonchev–Trinajstić information content (AvgIpc) is 2.96. The molecule has 1 fully saturated rings. The van der Waals surface area contributed by atoms with Crippen LogP contribution in [0.2, 0.25) is 0 Å². The van der Waals surface area contributed by atoms with E-state index in [1.54, 1.807) is 11.6 Å². The number of imidazole rings is 1. The third-order valence-electron chi connectivity index (χ3n) is 3.78. The van der Waals surface area contributed by atoms with Gasteiger partial charge in [0.15, 0.2) is 0 Å². The Kier molecular flexibility index (Phi) is 3.35. The summed E-state index contributed by atoms with van der Waals surface area (Å²) in [5.74, 6) is 0.391. The number of nitrogens with one attached hydrogen (secondary N) is 2. The molecule has 3 rings (SSSR count). The molecule has 1 saturated heterocycles. The summed E-state index contributed by atoms with van der Waals surface area (Å²) in [4.78, 5) is 15.8. The normalized spacial score (nSPS) is 23.1. The van der Waals surface area contributed by atoms with E-state index in [0.29, 0.717) is 17.3 Å². The summed E-state index contributed by atoms with van der Waals surface area (Å²) in [6.45, 7) is 4.86. The van der Waals surface area contributed by atoms with Gasteiger partial charge < -0.3 is 20.7 Å². The fourth-order valence-corrected chi connectivity index (χ4v) is 3.34. The van der Waals surface area contributed by atoms with Crippen molar-refractivity contribution in [2.45, 2.75) is 19.8 Å². The molecule has 0 saturated carbocycles. The standard InChI is InChI=1S/C12H17N5O2S/c1-12(3-2-4-13-7-12)8-14-9-10(17(18)19)16-5-6-20-11(16)15-9/h5-6,13-14H,2-4,7-8H2,1H3. The lowest BCUT2D eigenvalue weighted by Gasteiger charge is -2.34. The van der Waals surface area contributed by atoms with E-state index in [0.717, 1.165) is 25.9 Å². The third kappa shape index (κ3) is 2.36. The van der Waals surface area contributed by atoms with Crippen LogP contribution in [0.15, 0.2) is 11.6 Å². The van der Waals surface area contributed by atoms with Crippen molar-refractivity contribution in [2.75, 3.05) is 25.0 Å². The summed E-state index contributed by atoms with van der Waals surface area (Å²) in [6, 6.07) is 0. The molecule has 2 N–H and O–H groups in total. The van der Waals surface area contributed by atoms with Crippen molar-refractivity contribution in [3.8, 4) is 0 Å². The minimum Gasteiger partial charge on any atom is -0.362 e. The van der Waals surface area contributed by atoms with Crippen LogP contribution in [0.3, 0.4) is 0 Å². The molecule has 3 heterocycles. The number of anilines is 1. The van der Waals surface area contributed by atoms with E-state index in [2.05, 4.69) is 22.5 Å². The topological polar surface area (TPSA) is 84.5 Å². The zero-order chi connectivity index (χ0) is 14.2. The lowest BCUT2D eigenvalue weighted by Crippen LogP contribution is -2.42. The van der Waals surface area contributed by atoms with Crippen LogP contribution in [0.5, 0.6) is 0 Å². The van der Waals surface area contributed by atoms with Gasteiger partial charge in [-0.2, -0.15) is 9.38 Å². The van der Waals surface area contributed by atoms with Crippen LogP contribution in [-0.4, -0.2) is 33.9 Å². The second-order valence-electron chi connectivity index (χ2n) is 5.54. The fourth-order valence-electron chi connectivity index (χ4n) is 2.63. The van der Waals surface area contributed by atoms with Crippen LogP contribution >= 0.6 is 11.3 Å². The summed E-state index contributed by atoms with van der Waals surface area (Å²) in [6.07, 6.45) is 3.93. The highest BCUT2D eigenvalue weighted by Gasteiger charge is 2.29. The van der Waals surface area contributed by atoms with E-state index in [9.17, 15) is 10.1 Å². The molecule has 0 amide bonds. The Morgan fingerprint density at radius 3 is 3.25 bits per heavy atom. The van der Waals surface area contributed by atoms with Gasteiger partial charge in [0.1, 0.15) is 6.20 Å². The van der Waals surface area contributed by atoms with Gasteiger partial charge >= 0.3 is 5.82 Å². The lowest BCUT2D eigenvalue weighted by atomic mass is 9.83. The second kappa shape index (κ2) is 5.02. The number of rotatable bonds is 4. The van der Waals surface area contributed by atoms with Crippen LogP contribution in [0.25, 0.3) is 4.96 Å². The van der Waals surface area contributed by atoms with Crippen molar-refractivity contribution < 1.29 is 4.92 Å². The van der Waals surface area contributed by atoms with E-state index in [4.69, 9.17) is 0 Å². The molecule has 1 aliphatic heterocycles. The van der Waals surface area contributed by atoms with E-state index in [-0.39, 0.29) is 16.2 Å². The third-order valence-corrected chi connectivity index (χ3v) is 4.53. The molecule has 1 aliphatic rings. The molecule has 8 heteroatoms. The maximum Gasteiger partial charge on any atom is 0.372 e. The first-order valence-corrected chi connectivity index (χ1v) is 7.52. The summed E-state index contributed by atoms with van der Waals surface area (Å²) >= 11 is 1.40. The van der Waals surface area contributed by atoms with Crippen molar-refractivity contribution in [2.24, 2.45) is 5.41 Å². The van der Waals surface area contributed by atoms with Crippen LogP contribution in [0, 0.1) is 15.5 Å². The maximum atomic E-state index is 11.2. The highest BCUT2D eigenvalue weighted by atomic mass is 32.1. The monoisotopic (exact) mass is 295 g/mol. The van der Waals surface area contributed by atoms with Crippen LogP contribution in [0.4, 0.5) is 11.6 Å². The molecule has 0 spiro atoms. The molecular weight excluding hydrogens is 278 g/mol. The summed E-state index contributed by atoms with van der Waals surface area (Å²) in [5, 5.41) is 19.6. The summed E-state index contributed by atoms with van der Waals surface area (Å²) < 4.78 is 1.52. The van der Waals surface area contributed by atoms with Gasteiger partial charge in [0.05, 0.1) is 0 Å². The zero-order valence-corrected chi connectivity index (χ0v) is 12.1. The zero-order valence-electron chi connectivity index (χ0n) is 11.3. The van der Waals surface area contributed by atoms with E-state index in [1.807, 2.05) is 0 Å². The summed E-state index contributed by atoms with van der Waals surface area (Å²) in [7, 11) is 0. The number of thiazole rings is 1. The lowest BCUT2D eigenvalue weighted by molar-refractivity contribution is -0.389. The molecule has 108 valence electrons. The quantitative estimate of drug-likeness (QED) is 0.666. The number of fused-ring (bicyclic) bond motifs is 1. The number of piperidine rings is 1. The van der Waals surface area contributed by atoms with Gasteiger partial charge in [-0.1, -0.05) is 18.3 Å². The minimum atomic E-state index is -0.378. The van der Waals surface area contributed by atoms with Gasteiger partial charge in [-0.3, -0.25) is 0 Å². The Morgan fingerprint density at radius 1 is 1.70 bits per heavy atom. The largest absolute Gasteiger partial charge is 0.372 e. The average molecular weight is 295 g/mol. The molecule has 0 aliphatic carbocycles. The number of nitro groups is 1. The fraction of sp³-hybridized carbons (Fsp3) is 0.583. The molecule has 0 radical (unpaired) electrons. The van der Waals surface area contributed by atoms with Crippen molar-refractivity contribution in [1.29, 1.82) is 0 Å². The van der Waals surface area contributed by atoms with Gasteiger partial charge in [-0.25, -0.2) is 0 Å². The predicted octanol–water partition coefficient (Wildman–Crippen LogP) is 2.11. The van der Waals surface area contributed by atoms with Crippen LogP contribution in [0.1, 0.15) is 19.8 Å². The summed E-state index contributed by atoms with van der Waals surface area (Å²) in [5.41, 5.74) is 0.114. The highest BCUT2D eigenvalue weighted by Crippen LogP contribution is 2.31. The van der Waals surface area contributed by atoms with E-state index < -0.39 is 0 Å². The molecular formula is C12H17N5O2S. The molecule has 1 unspecified atom stereocenters. The Balaban J connectivity index is 1.81. The van der Waals surface area contributed by atoms with Crippen molar-refractivity contribution in [3.05, 3.63) is 21.7 Å². The first kappa shape index (κ1) is 13.3. The van der Waals surface area contributed by atoms with Gasteiger partial charge in [-0.15, -0.1) is 0 Å². The van der Waals surface area contributed by atoms with Crippen molar-refractivity contribution in [1.82, 2.24) is 14.7 Å². The van der Waals surface area contributed by atoms with E-state index in [1.165, 1.54) is 15.7 Å². The molecule has 1 atom stereocenters. The van der Waals surface area contributed by atoms with Gasteiger partial charge in [-0.05, 0) is 29.7 Å². The highest BCUT2D eigenvalue weighted by molar-refractivity contribution is 7.15. The molecule has 7 nitrogen and oxygen atoms in total. The number of hydrogen-bond donors (Lipinski definition) is 2. The molecule has 0 bridgehead atoms. The Hall–Kier alpha value is -1.67. The number of aromatic nitrogens is 2. The minimum absolute atomic E-state index is 0.0219. The smallest absolute Gasteiger partial charge is 0.362 e. The van der Waals surface area contributed by atoms with Crippen molar-refractivity contribution in [3.63, 3.8) is 0 Å². The Labute approximate surface area is 120 Å². The van der Waals surface area contributed by atoms with Crippen LogP contribution < -0.4 is 10.6 Å². The SMILES string of the molecule is CC1(CNc2nc3sccn3c2[N+](=O)[O-])CCCNC1. The van der Waals surface area contributed by atoms with Gasteiger partial charge in [0.25, 0.3) is 4.96 Å². The molecule has 20 heavy (non-hydrogen) atoms. The predicted molar refractivity (Wildman–Crippen MR) is 78.4 cm³/mol. The maximum absolute atomic E-state index is 11.2. The first-order chi connectivity index (χ1) is 9.59. The van der Waals surface area contributed by atoms with Crippen LogP contribution in [-0.2, 0) is 0 Å². The molecule has 0 aromatic carbocycles. The van der Waals surface area contributed by atoms with Crippen molar-refractivity contribution >= 4 is 27.9 Å². The van der Waals surface area contributed by atoms with Gasteiger partial charge in [0, 0.05) is 18.5 Å².